The van der Waals surface area contributed by atoms with Gasteiger partial charge in [-0.15, -0.1) is 0 Å². The van der Waals surface area contributed by atoms with Gasteiger partial charge in [-0.25, -0.2) is 0 Å². The maximum atomic E-state index is 8.89. The summed E-state index contributed by atoms with van der Waals surface area (Å²) in [7, 11) is 3.54. The summed E-state index contributed by atoms with van der Waals surface area (Å²) >= 11 is 1.52. The van der Waals surface area contributed by atoms with Crippen molar-refractivity contribution < 1.29 is 5.11 Å². The van der Waals surface area contributed by atoms with E-state index in [0.717, 1.165) is 5.17 Å². The summed E-state index contributed by atoms with van der Waals surface area (Å²) in [5.74, 6) is 0.688. The monoisotopic (exact) mass is 162 g/mol. The van der Waals surface area contributed by atoms with Crippen LogP contribution in [0.15, 0.2) is 4.99 Å². The van der Waals surface area contributed by atoms with Gasteiger partial charge in [0.1, 0.15) is 0 Å². The van der Waals surface area contributed by atoms with Crippen LogP contribution in [0.25, 0.3) is 0 Å². The predicted molar refractivity (Wildman–Crippen MR) is 46.6 cm³/mol. The molecule has 1 atom stereocenters. The van der Waals surface area contributed by atoms with E-state index in [4.69, 9.17) is 5.11 Å². The summed E-state index contributed by atoms with van der Waals surface area (Å²) in [5, 5.41) is 12.7. The highest BCUT2D eigenvalue weighted by atomic mass is 32.2. The summed E-state index contributed by atoms with van der Waals surface area (Å²) in [6.45, 7) is 1.76. The van der Waals surface area contributed by atoms with Gasteiger partial charge in [-0.2, -0.15) is 0 Å². The SMILES string of the molecule is CN=C(NC)SCC(C)O. The minimum atomic E-state index is -0.268. The second-order valence-corrected chi connectivity index (χ2v) is 2.95. The van der Waals surface area contributed by atoms with E-state index in [2.05, 4.69) is 10.3 Å². The zero-order valence-corrected chi connectivity index (χ0v) is 7.40. The van der Waals surface area contributed by atoms with E-state index in [1.165, 1.54) is 11.8 Å². The molecule has 2 N–H and O–H groups in total. The molecule has 0 aromatic carbocycles. The molecule has 0 fully saturated rings. The first-order chi connectivity index (χ1) is 4.70. The zero-order chi connectivity index (χ0) is 7.98. The summed E-state index contributed by atoms with van der Waals surface area (Å²) in [6, 6.07) is 0. The molecule has 1 unspecified atom stereocenters. The third-order valence-corrected chi connectivity index (χ3v) is 2.19. The number of aliphatic hydroxyl groups is 1. The fraction of sp³-hybridized carbons (Fsp3) is 0.833. The van der Waals surface area contributed by atoms with Crippen molar-refractivity contribution >= 4 is 16.9 Å². The number of rotatable bonds is 2. The summed E-state index contributed by atoms with van der Waals surface area (Å²) in [5.41, 5.74) is 0. The maximum absolute atomic E-state index is 8.89. The Labute approximate surface area is 65.9 Å². The standard InChI is InChI=1S/C6H14N2OS/c1-5(9)4-10-6(7-2)8-3/h5,9H,4H2,1-3H3,(H,7,8). The van der Waals surface area contributed by atoms with E-state index in [0.29, 0.717) is 5.75 Å². The molecule has 3 nitrogen and oxygen atoms in total. The Kier molecular flexibility index (Phi) is 5.43. The molecule has 0 aliphatic rings. The van der Waals surface area contributed by atoms with Crippen LogP contribution >= 0.6 is 11.8 Å². The van der Waals surface area contributed by atoms with Crippen LogP contribution in [0.4, 0.5) is 0 Å². The number of aliphatic imine (C=N–C) groups is 1. The van der Waals surface area contributed by atoms with E-state index in [1.807, 2.05) is 7.05 Å². The highest BCUT2D eigenvalue weighted by molar-refractivity contribution is 8.13. The molecule has 0 aromatic heterocycles. The van der Waals surface area contributed by atoms with Gasteiger partial charge in [0, 0.05) is 19.8 Å². The van der Waals surface area contributed by atoms with Crippen LogP contribution in [-0.4, -0.2) is 36.2 Å². The first-order valence-electron chi connectivity index (χ1n) is 3.16. The van der Waals surface area contributed by atoms with E-state index < -0.39 is 0 Å². The van der Waals surface area contributed by atoms with E-state index in [9.17, 15) is 0 Å². The van der Waals surface area contributed by atoms with Crippen molar-refractivity contribution in [2.45, 2.75) is 13.0 Å². The number of nitrogens with zero attached hydrogens (tertiary/aromatic N) is 1. The molecule has 4 heteroatoms. The molecule has 0 aliphatic heterocycles. The first kappa shape index (κ1) is 9.78. The summed E-state index contributed by atoms with van der Waals surface area (Å²) in [6.07, 6.45) is -0.268. The van der Waals surface area contributed by atoms with Gasteiger partial charge in [-0.1, -0.05) is 11.8 Å². The first-order valence-corrected chi connectivity index (χ1v) is 4.14. The molecule has 0 amide bonds. The molecule has 0 aromatic rings. The van der Waals surface area contributed by atoms with Crippen LogP contribution < -0.4 is 5.32 Å². The Hall–Kier alpha value is -0.220. The Morgan fingerprint density at radius 2 is 2.40 bits per heavy atom. The van der Waals surface area contributed by atoms with Crippen molar-refractivity contribution in [3.63, 3.8) is 0 Å². The molecule has 0 heterocycles. The van der Waals surface area contributed by atoms with Gasteiger partial charge in [-0.05, 0) is 6.92 Å². The van der Waals surface area contributed by atoms with Crippen molar-refractivity contribution in [2.75, 3.05) is 19.8 Å². The van der Waals surface area contributed by atoms with Crippen LogP contribution in [0.1, 0.15) is 6.92 Å². The maximum Gasteiger partial charge on any atom is 0.156 e. The average molecular weight is 162 g/mol. The van der Waals surface area contributed by atoms with Gasteiger partial charge < -0.3 is 10.4 Å². The van der Waals surface area contributed by atoms with Crippen molar-refractivity contribution in [1.29, 1.82) is 0 Å². The van der Waals surface area contributed by atoms with Crippen LogP contribution in [0.5, 0.6) is 0 Å². The van der Waals surface area contributed by atoms with Gasteiger partial charge in [0.05, 0.1) is 6.10 Å². The lowest BCUT2D eigenvalue weighted by molar-refractivity contribution is 0.220. The number of hydrogen-bond acceptors (Lipinski definition) is 3. The molecule has 0 spiro atoms. The lowest BCUT2D eigenvalue weighted by atomic mass is 10.5. The molecule has 0 radical (unpaired) electrons. The molecule has 0 saturated heterocycles. The molecular formula is C6H14N2OS. The van der Waals surface area contributed by atoms with Gasteiger partial charge in [0.15, 0.2) is 5.17 Å². The topological polar surface area (TPSA) is 44.6 Å². The van der Waals surface area contributed by atoms with Crippen LogP contribution in [0.2, 0.25) is 0 Å². The van der Waals surface area contributed by atoms with Crippen LogP contribution in [-0.2, 0) is 0 Å². The minimum Gasteiger partial charge on any atom is -0.393 e. The summed E-state index contributed by atoms with van der Waals surface area (Å²) < 4.78 is 0. The largest absolute Gasteiger partial charge is 0.393 e. The summed E-state index contributed by atoms with van der Waals surface area (Å²) in [4.78, 5) is 3.94. The quantitative estimate of drug-likeness (QED) is 0.453. The van der Waals surface area contributed by atoms with Gasteiger partial charge in [-0.3, -0.25) is 4.99 Å². The number of aliphatic hydroxyl groups excluding tert-OH is 1. The third-order valence-electron chi connectivity index (χ3n) is 0.878. The fourth-order valence-corrected chi connectivity index (χ4v) is 1.12. The molecule has 0 saturated carbocycles. The van der Waals surface area contributed by atoms with Crippen LogP contribution in [0.3, 0.4) is 0 Å². The number of amidine groups is 1. The fourth-order valence-electron chi connectivity index (χ4n) is 0.448. The normalized spacial score (nSPS) is 15.0. The zero-order valence-electron chi connectivity index (χ0n) is 6.59. The molecule has 60 valence electrons. The van der Waals surface area contributed by atoms with Crippen molar-refractivity contribution in [2.24, 2.45) is 4.99 Å². The number of thioether (sulfide) groups is 1. The predicted octanol–water partition coefficient (Wildman–Crippen LogP) is 0.306. The van der Waals surface area contributed by atoms with Crippen molar-refractivity contribution in [1.82, 2.24) is 5.32 Å². The Bertz CT molecular complexity index is 114. The minimum absolute atomic E-state index is 0.268. The third kappa shape index (κ3) is 4.64. The molecule has 0 aliphatic carbocycles. The highest BCUT2D eigenvalue weighted by Crippen LogP contribution is 2.02. The average Bonchev–Trinajstić information content (AvgIpc) is 1.90. The van der Waals surface area contributed by atoms with E-state index >= 15 is 0 Å². The Balaban J connectivity index is 3.46. The molecular weight excluding hydrogens is 148 g/mol. The van der Waals surface area contributed by atoms with Crippen molar-refractivity contribution in [3.05, 3.63) is 0 Å². The molecule has 0 rings (SSSR count). The lowest BCUT2D eigenvalue weighted by Crippen LogP contribution is -2.17. The second-order valence-electron chi connectivity index (χ2n) is 1.94. The smallest absolute Gasteiger partial charge is 0.156 e. The van der Waals surface area contributed by atoms with Gasteiger partial charge in [0.2, 0.25) is 0 Å². The second kappa shape index (κ2) is 5.56. The van der Waals surface area contributed by atoms with Gasteiger partial charge in [0.25, 0.3) is 0 Å². The van der Waals surface area contributed by atoms with Crippen LogP contribution in [0, 0.1) is 0 Å². The Morgan fingerprint density at radius 1 is 1.80 bits per heavy atom. The number of nitrogens with one attached hydrogen (secondary N) is 1. The molecule has 10 heavy (non-hydrogen) atoms. The van der Waals surface area contributed by atoms with E-state index in [1.54, 1.807) is 14.0 Å². The highest BCUT2D eigenvalue weighted by Gasteiger charge is 1.98. The van der Waals surface area contributed by atoms with Crippen molar-refractivity contribution in [3.8, 4) is 0 Å². The number of hydrogen-bond donors (Lipinski definition) is 2. The molecule has 0 bridgehead atoms. The lowest BCUT2D eigenvalue weighted by Gasteiger charge is -2.04. The Morgan fingerprint density at radius 3 is 2.70 bits per heavy atom. The van der Waals surface area contributed by atoms with Gasteiger partial charge >= 0.3 is 0 Å². The van der Waals surface area contributed by atoms with E-state index in [-0.39, 0.29) is 6.10 Å².